The van der Waals surface area contributed by atoms with Gasteiger partial charge in [0.1, 0.15) is 0 Å². The molecule has 1 aliphatic rings. The minimum atomic E-state index is 0.329. The van der Waals surface area contributed by atoms with Crippen LogP contribution in [-0.4, -0.2) is 39.0 Å². The quantitative estimate of drug-likeness (QED) is 0.733. The molecular weight excluding hydrogens is 190 g/mol. The molecule has 0 aromatic carbocycles. The molecule has 1 aliphatic heterocycles. The normalized spacial score (nSPS) is 20.8. The van der Waals surface area contributed by atoms with Crippen LogP contribution in [0, 0.1) is 5.92 Å². The maximum atomic E-state index is 5.64. The molecular formula is C12H25NO2. The molecule has 0 saturated carbocycles. The highest BCUT2D eigenvalue weighted by molar-refractivity contribution is 4.72. The van der Waals surface area contributed by atoms with Crippen LogP contribution in [0.5, 0.6) is 0 Å². The van der Waals surface area contributed by atoms with Gasteiger partial charge in [-0.15, -0.1) is 0 Å². The summed E-state index contributed by atoms with van der Waals surface area (Å²) < 4.78 is 11.0. The molecule has 0 amide bonds. The Morgan fingerprint density at radius 2 is 2.00 bits per heavy atom. The molecule has 0 aromatic rings. The molecule has 1 unspecified atom stereocenters. The van der Waals surface area contributed by atoms with Crippen molar-refractivity contribution < 1.29 is 9.47 Å². The number of likely N-dealkylation sites (N-methyl/N-ethyl adjacent to an activating group) is 1. The van der Waals surface area contributed by atoms with E-state index in [1.54, 1.807) is 0 Å². The third-order valence-electron chi connectivity index (χ3n) is 3.00. The van der Waals surface area contributed by atoms with Crippen molar-refractivity contribution in [3.05, 3.63) is 0 Å². The van der Waals surface area contributed by atoms with E-state index in [0.29, 0.717) is 12.1 Å². The number of ether oxygens (including phenoxy) is 2. The van der Waals surface area contributed by atoms with Crippen LogP contribution in [0.2, 0.25) is 0 Å². The van der Waals surface area contributed by atoms with Gasteiger partial charge < -0.3 is 14.8 Å². The Balaban J connectivity index is 2.19. The SMILES string of the molecule is CNC(COC(C)C)CC1CCOCC1. The summed E-state index contributed by atoms with van der Waals surface area (Å²) >= 11 is 0. The van der Waals surface area contributed by atoms with E-state index in [4.69, 9.17) is 9.47 Å². The Morgan fingerprint density at radius 1 is 1.33 bits per heavy atom. The average Bonchev–Trinajstić information content (AvgIpc) is 2.25. The smallest absolute Gasteiger partial charge is 0.0623 e. The first kappa shape index (κ1) is 12.9. The Kier molecular flexibility index (Phi) is 6.22. The van der Waals surface area contributed by atoms with Crippen molar-refractivity contribution in [2.45, 2.75) is 45.3 Å². The summed E-state index contributed by atoms with van der Waals surface area (Å²) in [6.45, 7) is 6.87. The van der Waals surface area contributed by atoms with E-state index < -0.39 is 0 Å². The maximum absolute atomic E-state index is 5.64. The number of hydrogen-bond donors (Lipinski definition) is 1. The van der Waals surface area contributed by atoms with E-state index in [9.17, 15) is 0 Å². The predicted molar refractivity (Wildman–Crippen MR) is 62.1 cm³/mol. The third-order valence-corrected chi connectivity index (χ3v) is 3.00. The van der Waals surface area contributed by atoms with E-state index in [0.717, 1.165) is 25.7 Å². The Hall–Kier alpha value is -0.120. The van der Waals surface area contributed by atoms with Gasteiger partial charge in [-0.25, -0.2) is 0 Å². The molecule has 1 atom stereocenters. The molecule has 1 N–H and O–H groups in total. The van der Waals surface area contributed by atoms with Crippen LogP contribution >= 0.6 is 0 Å². The fourth-order valence-electron chi connectivity index (χ4n) is 1.96. The summed E-state index contributed by atoms with van der Waals surface area (Å²) in [5.41, 5.74) is 0. The lowest BCUT2D eigenvalue weighted by Crippen LogP contribution is -2.34. The van der Waals surface area contributed by atoms with Gasteiger partial charge in [0.25, 0.3) is 0 Å². The molecule has 0 aliphatic carbocycles. The molecule has 0 radical (unpaired) electrons. The molecule has 3 nitrogen and oxygen atoms in total. The van der Waals surface area contributed by atoms with Gasteiger partial charge >= 0.3 is 0 Å². The van der Waals surface area contributed by atoms with Gasteiger partial charge in [-0.1, -0.05) is 0 Å². The fraction of sp³-hybridized carbons (Fsp3) is 1.00. The van der Waals surface area contributed by atoms with Crippen molar-refractivity contribution in [3.63, 3.8) is 0 Å². The van der Waals surface area contributed by atoms with Crippen LogP contribution in [0.25, 0.3) is 0 Å². The first-order valence-electron chi connectivity index (χ1n) is 6.09. The second-order valence-electron chi connectivity index (χ2n) is 4.66. The van der Waals surface area contributed by atoms with Gasteiger partial charge in [0.15, 0.2) is 0 Å². The van der Waals surface area contributed by atoms with Crippen molar-refractivity contribution in [2.24, 2.45) is 5.92 Å². The van der Waals surface area contributed by atoms with Gasteiger partial charge in [-0.05, 0) is 46.1 Å². The van der Waals surface area contributed by atoms with Gasteiger partial charge in [0.2, 0.25) is 0 Å². The first-order chi connectivity index (χ1) is 7.22. The minimum absolute atomic E-state index is 0.329. The van der Waals surface area contributed by atoms with Gasteiger partial charge in [-0.3, -0.25) is 0 Å². The number of nitrogens with one attached hydrogen (secondary N) is 1. The van der Waals surface area contributed by atoms with Crippen LogP contribution in [0.1, 0.15) is 33.1 Å². The fourth-order valence-corrected chi connectivity index (χ4v) is 1.96. The Labute approximate surface area is 93.5 Å². The van der Waals surface area contributed by atoms with Crippen molar-refractivity contribution in [3.8, 4) is 0 Å². The summed E-state index contributed by atoms with van der Waals surface area (Å²) in [6, 6.07) is 0.496. The molecule has 0 spiro atoms. The summed E-state index contributed by atoms with van der Waals surface area (Å²) in [5.74, 6) is 0.812. The van der Waals surface area contributed by atoms with Gasteiger partial charge in [0.05, 0.1) is 12.7 Å². The largest absolute Gasteiger partial charge is 0.381 e. The summed E-state index contributed by atoms with van der Waals surface area (Å²) in [7, 11) is 2.02. The minimum Gasteiger partial charge on any atom is -0.381 e. The molecule has 1 saturated heterocycles. The zero-order valence-corrected chi connectivity index (χ0v) is 10.3. The third kappa shape index (κ3) is 5.50. The predicted octanol–water partition coefficient (Wildman–Crippen LogP) is 1.82. The average molecular weight is 215 g/mol. The maximum Gasteiger partial charge on any atom is 0.0623 e. The summed E-state index contributed by atoms with van der Waals surface area (Å²) in [5, 5.41) is 3.34. The van der Waals surface area contributed by atoms with Crippen LogP contribution < -0.4 is 5.32 Å². The van der Waals surface area contributed by atoms with E-state index >= 15 is 0 Å². The van der Waals surface area contributed by atoms with Crippen LogP contribution in [0.3, 0.4) is 0 Å². The highest BCUT2D eigenvalue weighted by Crippen LogP contribution is 2.20. The van der Waals surface area contributed by atoms with Crippen LogP contribution in [0.4, 0.5) is 0 Å². The lowest BCUT2D eigenvalue weighted by molar-refractivity contribution is 0.0373. The van der Waals surface area contributed by atoms with Crippen LogP contribution in [0.15, 0.2) is 0 Å². The van der Waals surface area contributed by atoms with Crippen molar-refractivity contribution >= 4 is 0 Å². The molecule has 1 fully saturated rings. The monoisotopic (exact) mass is 215 g/mol. The summed E-state index contributed by atoms with van der Waals surface area (Å²) in [4.78, 5) is 0. The van der Waals surface area contributed by atoms with E-state index in [-0.39, 0.29) is 0 Å². The molecule has 1 heterocycles. The standard InChI is InChI=1S/C12H25NO2/c1-10(2)15-9-12(13-3)8-11-4-6-14-7-5-11/h10-13H,4-9H2,1-3H3. The second kappa shape index (κ2) is 7.20. The molecule has 1 rings (SSSR count). The molecule has 90 valence electrons. The lowest BCUT2D eigenvalue weighted by Gasteiger charge is -2.26. The zero-order valence-electron chi connectivity index (χ0n) is 10.3. The van der Waals surface area contributed by atoms with Gasteiger partial charge in [0, 0.05) is 19.3 Å². The summed E-state index contributed by atoms with van der Waals surface area (Å²) in [6.07, 6.45) is 3.96. The molecule has 3 heteroatoms. The first-order valence-corrected chi connectivity index (χ1v) is 6.09. The molecule has 15 heavy (non-hydrogen) atoms. The molecule has 0 bridgehead atoms. The van der Waals surface area contributed by atoms with Crippen molar-refractivity contribution in [2.75, 3.05) is 26.9 Å². The van der Waals surface area contributed by atoms with Crippen LogP contribution in [-0.2, 0) is 9.47 Å². The Morgan fingerprint density at radius 3 is 2.53 bits per heavy atom. The van der Waals surface area contributed by atoms with E-state index in [2.05, 4.69) is 19.2 Å². The molecule has 0 aromatic heterocycles. The highest BCUT2D eigenvalue weighted by Gasteiger charge is 2.18. The number of rotatable bonds is 6. The lowest BCUT2D eigenvalue weighted by atomic mass is 9.93. The highest BCUT2D eigenvalue weighted by atomic mass is 16.5. The second-order valence-corrected chi connectivity index (χ2v) is 4.66. The Bertz CT molecular complexity index is 156. The zero-order chi connectivity index (χ0) is 11.1. The van der Waals surface area contributed by atoms with E-state index in [1.165, 1.54) is 19.3 Å². The number of hydrogen-bond acceptors (Lipinski definition) is 3. The van der Waals surface area contributed by atoms with Crippen molar-refractivity contribution in [1.29, 1.82) is 0 Å². The van der Waals surface area contributed by atoms with E-state index in [1.807, 2.05) is 7.05 Å². The topological polar surface area (TPSA) is 30.5 Å². The van der Waals surface area contributed by atoms with Crippen molar-refractivity contribution in [1.82, 2.24) is 5.32 Å². The van der Waals surface area contributed by atoms with Gasteiger partial charge in [-0.2, -0.15) is 0 Å².